The Labute approximate surface area is 106 Å². The Morgan fingerprint density at radius 1 is 1.47 bits per heavy atom. The van der Waals surface area contributed by atoms with Crippen LogP contribution in [0, 0.1) is 13.8 Å². The second-order valence-corrected chi connectivity index (χ2v) is 5.54. The Morgan fingerprint density at radius 2 is 2.29 bits per heavy atom. The molecule has 1 saturated heterocycles. The molecular formula is C13H18N2OS. The third-order valence-electron chi connectivity index (χ3n) is 2.89. The summed E-state index contributed by atoms with van der Waals surface area (Å²) in [6, 6.07) is 6.05. The quantitative estimate of drug-likeness (QED) is 0.843. The molecule has 92 valence electrons. The van der Waals surface area contributed by atoms with Crippen molar-refractivity contribution in [2.45, 2.75) is 19.9 Å². The van der Waals surface area contributed by atoms with E-state index in [9.17, 15) is 4.79 Å². The number of thioether (sulfide) groups is 1. The van der Waals surface area contributed by atoms with Gasteiger partial charge in [0.05, 0.1) is 6.04 Å². The molecule has 1 aromatic carbocycles. The van der Waals surface area contributed by atoms with Crippen LogP contribution in [0.2, 0.25) is 0 Å². The van der Waals surface area contributed by atoms with Crippen LogP contribution in [-0.2, 0) is 4.79 Å². The fourth-order valence-electron chi connectivity index (χ4n) is 1.82. The van der Waals surface area contributed by atoms with Gasteiger partial charge < -0.3 is 10.6 Å². The van der Waals surface area contributed by atoms with Gasteiger partial charge in [0.2, 0.25) is 5.91 Å². The second-order valence-electron chi connectivity index (χ2n) is 4.39. The van der Waals surface area contributed by atoms with Gasteiger partial charge in [0.1, 0.15) is 0 Å². The molecule has 0 bridgehead atoms. The van der Waals surface area contributed by atoms with Crippen LogP contribution >= 0.6 is 11.8 Å². The van der Waals surface area contributed by atoms with Gasteiger partial charge in [-0.25, -0.2) is 0 Å². The highest BCUT2D eigenvalue weighted by Crippen LogP contribution is 2.17. The van der Waals surface area contributed by atoms with Gasteiger partial charge in [-0.1, -0.05) is 12.1 Å². The average Bonchev–Trinajstić information content (AvgIpc) is 2.35. The fourth-order valence-corrected chi connectivity index (χ4v) is 2.76. The predicted octanol–water partition coefficient (Wildman–Crippen LogP) is 1.95. The lowest BCUT2D eigenvalue weighted by molar-refractivity contribution is -0.117. The molecule has 1 aliphatic heterocycles. The summed E-state index contributed by atoms with van der Waals surface area (Å²) in [5, 5.41) is 6.25. The molecule has 4 heteroatoms. The number of amides is 1. The Hall–Kier alpha value is -1.00. The molecule has 1 fully saturated rings. The van der Waals surface area contributed by atoms with Crippen molar-refractivity contribution in [2.75, 3.05) is 23.4 Å². The highest BCUT2D eigenvalue weighted by atomic mass is 32.2. The minimum Gasteiger partial charge on any atom is -0.324 e. The first kappa shape index (κ1) is 12.5. The summed E-state index contributed by atoms with van der Waals surface area (Å²) in [6.07, 6.45) is 0. The maximum atomic E-state index is 12.0. The van der Waals surface area contributed by atoms with Crippen LogP contribution in [0.15, 0.2) is 18.2 Å². The third kappa shape index (κ3) is 3.23. The first-order chi connectivity index (χ1) is 8.16. The van der Waals surface area contributed by atoms with Crippen molar-refractivity contribution in [2.24, 2.45) is 0 Å². The molecule has 1 aromatic rings. The van der Waals surface area contributed by atoms with Crippen LogP contribution in [0.1, 0.15) is 11.1 Å². The molecule has 0 aliphatic carbocycles. The number of carbonyl (C=O) groups excluding carboxylic acids is 1. The summed E-state index contributed by atoms with van der Waals surface area (Å²) < 4.78 is 0. The van der Waals surface area contributed by atoms with E-state index in [1.54, 1.807) is 0 Å². The molecule has 0 saturated carbocycles. The summed E-state index contributed by atoms with van der Waals surface area (Å²) in [5.41, 5.74) is 3.19. The van der Waals surface area contributed by atoms with E-state index in [0.29, 0.717) is 0 Å². The van der Waals surface area contributed by atoms with Crippen LogP contribution in [0.4, 0.5) is 5.69 Å². The van der Waals surface area contributed by atoms with Gasteiger partial charge in [0.25, 0.3) is 0 Å². The molecule has 0 aromatic heterocycles. The number of hydrogen-bond donors (Lipinski definition) is 2. The highest BCUT2D eigenvalue weighted by molar-refractivity contribution is 7.99. The Bertz CT molecular complexity index is 414. The Balaban J connectivity index is 2.04. The predicted molar refractivity (Wildman–Crippen MR) is 73.7 cm³/mol. The van der Waals surface area contributed by atoms with Crippen molar-refractivity contribution >= 4 is 23.4 Å². The van der Waals surface area contributed by atoms with E-state index in [1.165, 1.54) is 0 Å². The minimum absolute atomic E-state index is 0.0614. The first-order valence-corrected chi connectivity index (χ1v) is 7.01. The van der Waals surface area contributed by atoms with Gasteiger partial charge in [-0.05, 0) is 31.0 Å². The van der Waals surface area contributed by atoms with Gasteiger partial charge in [-0.3, -0.25) is 4.79 Å². The Kier molecular flexibility index (Phi) is 4.07. The van der Waals surface area contributed by atoms with E-state index in [2.05, 4.69) is 16.7 Å². The molecule has 0 spiro atoms. The molecular weight excluding hydrogens is 232 g/mol. The molecule has 1 atom stereocenters. The molecule has 3 nitrogen and oxygen atoms in total. The van der Waals surface area contributed by atoms with E-state index < -0.39 is 0 Å². The van der Waals surface area contributed by atoms with Crippen molar-refractivity contribution in [1.82, 2.24) is 5.32 Å². The van der Waals surface area contributed by atoms with Crippen molar-refractivity contribution in [3.05, 3.63) is 29.3 Å². The standard InChI is InChI=1S/C13H18N2OS/c1-9-3-4-10(2)11(7-9)15-13(16)12-8-17-6-5-14-12/h3-4,7,12,14H,5-6,8H2,1-2H3,(H,15,16). The number of carbonyl (C=O) groups is 1. The molecule has 17 heavy (non-hydrogen) atoms. The topological polar surface area (TPSA) is 41.1 Å². The number of hydrogen-bond acceptors (Lipinski definition) is 3. The molecule has 2 N–H and O–H groups in total. The third-order valence-corrected chi connectivity index (χ3v) is 3.95. The summed E-state index contributed by atoms with van der Waals surface area (Å²) in [5.74, 6) is 2.02. The van der Waals surface area contributed by atoms with Crippen LogP contribution in [-0.4, -0.2) is 30.0 Å². The smallest absolute Gasteiger partial charge is 0.242 e. The number of aryl methyl sites for hydroxylation is 2. The molecule has 0 radical (unpaired) electrons. The van der Waals surface area contributed by atoms with Gasteiger partial charge in [0.15, 0.2) is 0 Å². The summed E-state index contributed by atoms with van der Waals surface area (Å²) >= 11 is 1.83. The molecule has 1 unspecified atom stereocenters. The Morgan fingerprint density at radius 3 is 3.00 bits per heavy atom. The zero-order valence-corrected chi connectivity index (χ0v) is 11.1. The van der Waals surface area contributed by atoms with Gasteiger partial charge in [0, 0.05) is 23.7 Å². The van der Waals surface area contributed by atoms with Crippen molar-refractivity contribution in [3.63, 3.8) is 0 Å². The summed E-state index contributed by atoms with van der Waals surface area (Å²) in [6.45, 7) is 4.96. The van der Waals surface area contributed by atoms with Crippen molar-refractivity contribution in [1.29, 1.82) is 0 Å². The number of anilines is 1. The van der Waals surface area contributed by atoms with Crippen molar-refractivity contribution < 1.29 is 4.79 Å². The minimum atomic E-state index is -0.0614. The van der Waals surface area contributed by atoms with Crippen LogP contribution < -0.4 is 10.6 Å². The van der Waals surface area contributed by atoms with E-state index in [1.807, 2.05) is 37.7 Å². The normalized spacial score (nSPS) is 20.0. The van der Waals surface area contributed by atoms with Crippen molar-refractivity contribution in [3.8, 4) is 0 Å². The highest BCUT2D eigenvalue weighted by Gasteiger charge is 2.21. The van der Waals surface area contributed by atoms with E-state index in [4.69, 9.17) is 0 Å². The number of rotatable bonds is 2. The van der Waals surface area contributed by atoms with E-state index in [0.717, 1.165) is 34.9 Å². The number of benzene rings is 1. The molecule has 1 aliphatic rings. The second kappa shape index (κ2) is 5.56. The largest absolute Gasteiger partial charge is 0.324 e. The summed E-state index contributed by atoms with van der Waals surface area (Å²) in [7, 11) is 0. The molecule has 1 amide bonds. The van der Waals surface area contributed by atoms with E-state index in [-0.39, 0.29) is 11.9 Å². The SMILES string of the molecule is Cc1ccc(C)c(NC(=O)C2CSCCN2)c1. The van der Waals surface area contributed by atoms with Gasteiger partial charge >= 0.3 is 0 Å². The fraction of sp³-hybridized carbons (Fsp3) is 0.462. The van der Waals surface area contributed by atoms with Crippen LogP contribution in [0.3, 0.4) is 0 Å². The molecule has 2 rings (SSSR count). The summed E-state index contributed by atoms with van der Waals surface area (Å²) in [4.78, 5) is 12.0. The van der Waals surface area contributed by atoms with E-state index >= 15 is 0 Å². The monoisotopic (exact) mass is 250 g/mol. The zero-order valence-electron chi connectivity index (χ0n) is 10.2. The first-order valence-electron chi connectivity index (χ1n) is 5.86. The lowest BCUT2D eigenvalue weighted by atomic mass is 10.1. The van der Waals surface area contributed by atoms with Gasteiger partial charge in [-0.15, -0.1) is 0 Å². The maximum Gasteiger partial charge on any atom is 0.242 e. The van der Waals surface area contributed by atoms with Crippen LogP contribution in [0.25, 0.3) is 0 Å². The van der Waals surface area contributed by atoms with Crippen LogP contribution in [0.5, 0.6) is 0 Å². The lowest BCUT2D eigenvalue weighted by Crippen LogP contribution is -2.46. The average molecular weight is 250 g/mol. The maximum absolute atomic E-state index is 12.0. The molecule has 1 heterocycles. The zero-order chi connectivity index (χ0) is 12.3. The lowest BCUT2D eigenvalue weighted by Gasteiger charge is -2.22. The van der Waals surface area contributed by atoms with Gasteiger partial charge in [-0.2, -0.15) is 11.8 Å². The number of nitrogens with one attached hydrogen (secondary N) is 2.